The number of para-hydroxylation sites is 1. The summed E-state index contributed by atoms with van der Waals surface area (Å²) in [7, 11) is 0. The van der Waals surface area contributed by atoms with Crippen LogP contribution in [0.2, 0.25) is 5.02 Å². The summed E-state index contributed by atoms with van der Waals surface area (Å²) in [5.74, 6) is 0.683. The first-order chi connectivity index (χ1) is 16.1. The van der Waals surface area contributed by atoms with Gasteiger partial charge in [-0.3, -0.25) is 9.69 Å². The molecule has 1 aromatic heterocycles. The van der Waals surface area contributed by atoms with Gasteiger partial charge in [-0.05, 0) is 55.0 Å². The lowest BCUT2D eigenvalue weighted by atomic mass is 10.2. The van der Waals surface area contributed by atoms with Crippen molar-refractivity contribution < 1.29 is 4.79 Å². The van der Waals surface area contributed by atoms with E-state index in [0.29, 0.717) is 17.1 Å². The van der Waals surface area contributed by atoms with E-state index in [-0.39, 0.29) is 5.91 Å². The van der Waals surface area contributed by atoms with Crippen molar-refractivity contribution in [3.8, 4) is 6.07 Å². The number of nitriles is 1. The summed E-state index contributed by atoms with van der Waals surface area (Å²) in [6, 6.07) is 21.2. The topological polar surface area (TPSA) is 72.3 Å². The van der Waals surface area contributed by atoms with Crippen molar-refractivity contribution in [1.29, 1.82) is 5.26 Å². The van der Waals surface area contributed by atoms with Crippen LogP contribution in [0.4, 0.5) is 11.5 Å². The van der Waals surface area contributed by atoms with Crippen LogP contribution in [0.3, 0.4) is 0 Å². The highest BCUT2D eigenvalue weighted by Crippen LogP contribution is 2.33. The molecule has 0 atom stereocenters. The lowest BCUT2D eigenvalue weighted by Crippen LogP contribution is -2.36. The number of halogens is 1. The van der Waals surface area contributed by atoms with Crippen LogP contribution in [0, 0.1) is 11.3 Å². The minimum atomic E-state index is -0.0387. The molecule has 1 saturated heterocycles. The number of anilines is 2. The van der Waals surface area contributed by atoms with Gasteiger partial charge < -0.3 is 10.2 Å². The van der Waals surface area contributed by atoms with Crippen LogP contribution in [0.1, 0.15) is 12.0 Å². The Kier molecular flexibility index (Phi) is 7.84. The van der Waals surface area contributed by atoms with Crippen molar-refractivity contribution in [2.75, 3.05) is 42.9 Å². The molecule has 1 fully saturated rings. The molecule has 1 aliphatic heterocycles. The number of rotatable bonds is 6. The van der Waals surface area contributed by atoms with Crippen molar-refractivity contribution in [1.82, 2.24) is 9.88 Å². The fraction of sp³-hybridized carbons (Fsp3) is 0.240. The Labute approximate surface area is 203 Å². The number of aromatic nitrogens is 1. The van der Waals surface area contributed by atoms with Gasteiger partial charge in [0.25, 0.3) is 0 Å². The van der Waals surface area contributed by atoms with Gasteiger partial charge in [0, 0.05) is 47.2 Å². The van der Waals surface area contributed by atoms with E-state index in [4.69, 9.17) is 11.6 Å². The van der Waals surface area contributed by atoms with Gasteiger partial charge in [-0.25, -0.2) is 4.98 Å². The minimum Gasteiger partial charge on any atom is -0.354 e. The zero-order valence-corrected chi connectivity index (χ0v) is 19.6. The van der Waals surface area contributed by atoms with E-state index >= 15 is 0 Å². The maximum absolute atomic E-state index is 12.8. The molecule has 4 rings (SSSR count). The van der Waals surface area contributed by atoms with E-state index in [0.717, 1.165) is 53.9 Å². The highest BCUT2D eigenvalue weighted by Gasteiger charge is 2.20. The Morgan fingerprint density at radius 3 is 2.70 bits per heavy atom. The Morgan fingerprint density at radius 1 is 1.06 bits per heavy atom. The standard InChI is InChI=1S/C25H24ClN5OS/c26-20-8-10-21(11-9-20)33-23-7-2-1-6-22(23)29-24(32)18-30-13-4-14-31(16-15-30)25-19(17-27)5-3-12-28-25/h1-3,5-12H,4,13-16,18H2,(H,29,32). The van der Waals surface area contributed by atoms with Crippen LogP contribution in [0.25, 0.3) is 0 Å². The first kappa shape index (κ1) is 23.1. The van der Waals surface area contributed by atoms with Crippen molar-refractivity contribution in [2.45, 2.75) is 16.2 Å². The summed E-state index contributed by atoms with van der Waals surface area (Å²) in [5.41, 5.74) is 1.38. The fourth-order valence-corrected chi connectivity index (χ4v) is 4.79. The predicted octanol–water partition coefficient (Wildman–Crippen LogP) is 4.91. The molecular formula is C25H24ClN5OS. The molecule has 0 radical (unpaired) electrons. The molecule has 0 bridgehead atoms. The zero-order chi connectivity index (χ0) is 23.0. The van der Waals surface area contributed by atoms with Gasteiger partial charge in [0.15, 0.2) is 0 Å². The number of pyridine rings is 1. The van der Waals surface area contributed by atoms with Crippen LogP contribution in [0.15, 0.2) is 76.7 Å². The molecule has 3 aromatic rings. The monoisotopic (exact) mass is 477 g/mol. The third-order valence-electron chi connectivity index (χ3n) is 5.36. The quantitative estimate of drug-likeness (QED) is 0.544. The smallest absolute Gasteiger partial charge is 0.238 e. The Bertz CT molecular complexity index is 1150. The summed E-state index contributed by atoms with van der Waals surface area (Å²) in [6.45, 7) is 3.41. The van der Waals surface area contributed by atoms with Gasteiger partial charge in [0.05, 0.1) is 17.8 Å². The fourth-order valence-electron chi connectivity index (χ4n) is 3.76. The SMILES string of the molecule is N#Cc1cccnc1N1CCCN(CC(=O)Nc2ccccc2Sc2ccc(Cl)cc2)CC1. The highest BCUT2D eigenvalue weighted by atomic mass is 35.5. The van der Waals surface area contributed by atoms with Gasteiger partial charge in [-0.2, -0.15) is 5.26 Å². The Balaban J connectivity index is 1.36. The summed E-state index contributed by atoms with van der Waals surface area (Å²) in [4.78, 5) is 23.6. The van der Waals surface area contributed by atoms with Crippen LogP contribution >= 0.6 is 23.4 Å². The molecule has 0 unspecified atom stereocenters. The molecule has 0 spiro atoms. The van der Waals surface area contributed by atoms with E-state index in [9.17, 15) is 10.1 Å². The van der Waals surface area contributed by atoms with Gasteiger partial charge in [0.1, 0.15) is 11.9 Å². The number of carbonyl (C=O) groups is 1. The normalized spacial score (nSPS) is 14.4. The summed E-state index contributed by atoms with van der Waals surface area (Å²) in [5, 5.41) is 13.1. The minimum absolute atomic E-state index is 0.0387. The van der Waals surface area contributed by atoms with Crippen LogP contribution in [-0.4, -0.2) is 48.5 Å². The Morgan fingerprint density at radius 2 is 1.88 bits per heavy atom. The average Bonchev–Trinajstić information content (AvgIpc) is 3.07. The second-order valence-electron chi connectivity index (χ2n) is 7.70. The Hall–Kier alpha value is -3.05. The lowest BCUT2D eigenvalue weighted by molar-refractivity contribution is -0.117. The molecule has 0 aliphatic carbocycles. The molecule has 1 amide bonds. The van der Waals surface area contributed by atoms with Crippen molar-refractivity contribution in [3.05, 3.63) is 77.4 Å². The second-order valence-corrected chi connectivity index (χ2v) is 9.26. The number of hydrogen-bond acceptors (Lipinski definition) is 6. The molecule has 1 N–H and O–H groups in total. The third-order valence-corrected chi connectivity index (χ3v) is 6.70. The number of nitrogens with zero attached hydrogens (tertiary/aromatic N) is 4. The third kappa shape index (κ3) is 6.26. The number of benzene rings is 2. The van der Waals surface area contributed by atoms with Gasteiger partial charge in [-0.1, -0.05) is 35.5 Å². The average molecular weight is 478 g/mol. The van der Waals surface area contributed by atoms with Gasteiger partial charge in [-0.15, -0.1) is 0 Å². The second kappa shape index (κ2) is 11.2. The molecule has 168 valence electrons. The predicted molar refractivity (Wildman–Crippen MR) is 133 cm³/mol. The van der Waals surface area contributed by atoms with Gasteiger partial charge in [0.2, 0.25) is 5.91 Å². The van der Waals surface area contributed by atoms with Crippen molar-refractivity contribution >= 4 is 40.8 Å². The molecular weight excluding hydrogens is 454 g/mol. The molecule has 8 heteroatoms. The maximum Gasteiger partial charge on any atom is 0.238 e. The lowest BCUT2D eigenvalue weighted by Gasteiger charge is -2.23. The largest absolute Gasteiger partial charge is 0.354 e. The van der Waals surface area contributed by atoms with E-state index in [2.05, 4.69) is 26.2 Å². The first-order valence-electron chi connectivity index (χ1n) is 10.8. The number of nitrogens with one attached hydrogen (secondary N) is 1. The van der Waals surface area contributed by atoms with E-state index in [1.807, 2.05) is 48.5 Å². The maximum atomic E-state index is 12.8. The van der Waals surface area contributed by atoms with E-state index < -0.39 is 0 Å². The molecule has 2 aromatic carbocycles. The number of hydrogen-bond donors (Lipinski definition) is 1. The van der Waals surface area contributed by atoms with Crippen LogP contribution in [-0.2, 0) is 4.79 Å². The van der Waals surface area contributed by atoms with Crippen molar-refractivity contribution in [3.63, 3.8) is 0 Å². The van der Waals surface area contributed by atoms with Crippen LogP contribution in [0.5, 0.6) is 0 Å². The summed E-state index contributed by atoms with van der Waals surface area (Å²) < 4.78 is 0. The number of carbonyl (C=O) groups excluding carboxylic acids is 1. The molecule has 0 saturated carbocycles. The number of amides is 1. The summed E-state index contributed by atoms with van der Waals surface area (Å²) in [6.07, 6.45) is 2.61. The highest BCUT2D eigenvalue weighted by molar-refractivity contribution is 7.99. The molecule has 33 heavy (non-hydrogen) atoms. The van der Waals surface area contributed by atoms with E-state index in [1.165, 1.54) is 0 Å². The van der Waals surface area contributed by atoms with E-state index in [1.54, 1.807) is 30.1 Å². The van der Waals surface area contributed by atoms with Crippen LogP contribution < -0.4 is 10.2 Å². The first-order valence-corrected chi connectivity index (χ1v) is 12.0. The van der Waals surface area contributed by atoms with Crippen molar-refractivity contribution in [2.24, 2.45) is 0 Å². The molecule has 6 nitrogen and oxygen atoms in total. The summed E-state index contributed by atoms with van der Waals surface area (Å²) >= 11 is 7.58. The zero-order valence-electron chi connectivity index (χ0n) is 18.1. The van der Waals surface area contributed by atoms with Gasteiger partial charge >= 0.3 is 0 Å². The molecule has 1 aliphatic rings. The molecule has 2 heterocycles.